The fourth-order valence-corrected chi connectivity index (χ4v) is 2.73. The highest BCUT2D eigenvalue weighted by molar-refractivity contribution is 6.14. The molecule has 1 N–H and O–H groups in total. The van der Waals surface area contributed by atoms with Crippen molar-refractivity contribution >= 4 is 11.9 Å². The zero-order valence-electron chi connectivity index (χ0n) is 12.8. The van der Waals surface area contributed by atoms with Crippen LogP contribution in [-0.4, -0.2) is 10.9 Å². The second-order valence-corrected chi connectivity index (χ2v) is 5.61. The largest absolute Gasteiger partial charge is 0.508 e. The van der Waals surface area contributed by atoms with E-state index in [0.29, 0.717) is 11.3 Å². The maximum absolute atomic E-state index is 12.3. The van der Waals surface area contributed by atoms with Crippen molar-refractivity contribution in [1.29, 1.82) is 0 Å². The molecule has 3 aromatic carbocycles. The lowest BCUT2D eigenvalue weighted by Gasteiger charge is -2.03. The molecule has 4 rings (SSSR count). The Labute approximate surface area is 139 Å². The van der Waals surface area contributed by atoms with Crippen LogP contribution in [0.1, 0.15) is 15.9 Å². The minimum Gasteiger partial charge on any atom is -0.508 e. The summed E-state index contributed by atoms with van der Waals surface area (Å²) in [6, 6.07) is 22.5. The highest BCUT2D eigenvalue weighted by Crippen LogP contribution is 2.34. The van der Waals surface area contributed by atoms with Crippen LogP contribution >= 0.6 is 0 Å². The monoisotopic (exact) mass is 314 g/mol. The van der Waals surface area contributed by atoms with Gasteiger partial charge in [0, 0.05) is 6.07 Å². The summed E-state index contributed by atoms with van der Waals surface area (Å²) in [5.74, 6) is 0.572. The minimum atomic E-state index is -0.169. The summed E-state index contributed by atoms with van der Waals surface area (Å²) in [7, 11) is 0. The van der Waals surface area contributed by atoms with Crippen molar-refractivity contribution < 1.29 is 14.6 Å². The molecule has 0 aliphatic carbocycles. The predicted molar refractivity (Wildman–Crippen MR) is 92.9 cm³/mol. The van der Waals surface area contributed by atoms with E-state index in [1.165, 1.54) is 12.1 Å². The van der Waals surface area contributed by atoms with Gasteiger partial charge >= 0.3 is 0 Å². The van der Waals surface area contributed by atoms with Gasteiger partial charge in [0.15, 0.2) is 5.76 Å². The third-order valence-electron chi connectivity index (χ3n) is 3.97. The number of fused-ring (bicyclic) bond motifs is 1. The fraction of sp³-hybridized carbons (Fsp3) is 0. The van der Waals surface area contributed by atoms with Gasteiger partial charge in [0.25, 0.3) is 0 Å². The molecule has 0 aromatic heterocycles. The van der Waals surface area contributed by atoms with Crippen LogP contribution in [-0.2, 0) is 0 Å². The predicted octanol–water partition coefficient (Wildman–Crippen LogP) is 4.68. The maximum atomic E-state index is 12.3. The Kier molecular flexibility index (Phi) is 3.39. The molecule has 0 bridgehead atoms. The van der Waals surface area contributed by atoms with Gasteiger partial charge < -0.3 is 9.84 Å². The molecule has 3 nitrogen and oxygen atoms in total. The molecular weight excluding hydrogens is 300 g/mol. The summed E-state index contributed by atoms with van der Waals surface area (Å²) < 4.78 is 5.57. The first-order valence-electron chi connectivity index (χ1n) is 7.63. The van der Waals surface area contributed by atoms with Crippen molar-refractivity contribution in [1.82, 2.24) is 0 Å². The van der Waals surface area contributed by atoms with Crippen molar-refractivity contribution in [2.45, 2.75) is 0 Å². The van der Waals surface area contributed by atoms with E-state index in [2.05, 4.69) is 12.1 Å². The molecule has 3 heteroatoms. The van der Waals surface area contributed by atoms with Crippen LogP contribution < -0.4 is 4.74 Å². The zero-order valence-corrected chi connectivity index (χ0v) is 12.8. The van der Waals surface area contributed by atoms with Crippen molar-refractivity contribution in [3.63, 3.8) is 0 Å². The lowest BCUT2D eigenvalue weighted by Crippen LogP contribution is -1.97. The van der Waals surface area contributed by atoms with E-state index in [0.717, 1.165) is 16.7 Å². The first kappa shape index (κ1) is 14.3. The summed E-state index contributed by atoms with van der Waals surface area (Å²) in [6.45, 7) is 0. The Morgan fingerprint density at radius 3 is 2.29 bits per heavy atom. The van der Waals surface area contributed by atoms with E-state index in [-0.39, 0.29) is 17.3 Å². The summed E-state index contributed by atoms with van der Waals surface area (Å²) in [4.78, 5) is 12.3. The molecule has 0 radical (unpaired) electrons. The van der Waals surface area contributed by atoms with Gasteiger partial charge in [-0.2, -0.15) is 0 Å². The third-order valence-corrected chi connectivity index (χ3v) is 3.97. The Balaban J connectivity index is 1.62. The van der Waals surface area contributed by atoms with Gasteiger partial charge in [-0.1, -0.05) is 54.6 Å². The number of phenols is 1. The SMILES string of the molecule is O=C1/C(=C\c2ccc(-c3ccccc3)cc2)Oc2cc(O)ccc21. The minimum absolute atomic E-state index is 0.0787. The number of Topliss-reactive ketones (excluding diaryl/α,β-unsaturated/α-hetero) is 1. The Hall–Kier alpha value is -3.33. The van der Waals surface area contributed by atoms with Gasteiger partial charge in [0.05, 0.1) is 5.56 Å². The van der Waals surface area contributed by atoms with Crippen LogP contribution in [0, 0.1) is 0 Å². The highest BCUT2D eigenvalue weighted by Gasteiger charge is 2.27. The van der Waals surface area contributed by atoms with Crippen molar-refractivity contribution in [3.8, 4) is 22.6 Å². The molecule has 24 heavy (non-hydrogen) atoms. The standard InChI is InChI=1S/C21H14O3/c22-17-10-11-18-19(13-17)24-20(21(18)23)12-14-6-8-16(9-7-14)15-4-2-1-3-5-15/h1-13,22H/b20-12+. The number of ketones is 1. The van der Waals surface area contributed by atoms with Crippen LogP contribution in [0.5, 0.6) is 11.5 Å². The summed E-state index contributed by atoms with van der Waals surface area (Å²) in [5.41, 5.74) is 3.62. The normalized spacial score (nSPS) is 14.5. The molecular formula is C21H14O3. The molecule has 0 fully saturated rings. The molecule has 0 saturated carbocycles. The second kappa shape index (κ2) is 5.70. The third kappa shape index (κ3) is 2.57. The smallest absolute Gasteiger partial charge is 0.231 e. The van der Waals surface area contributed by atoms with Crippen molar-refractivity contribution in [2.24, 2.45) is 0 Å². The number of benzene rings is 3. The average Bonchev–Trinajstić information content (AvgIpc) is 2.91. The molecule has 1 aliphatic heterocycles. The molecule has 116 valence electrons. The fourth-order valence-electron chi connectivity index (χ4n) is 2.73. The van der Waals surface area contributed by atoms with E-state index in [9.17, 15) is 9.90 Å². The first-order chi connectivity index (χ1) is 11.7. The first-order valence-corrected chi connectivity index (χ1v) is 7.63. The van der Waals surface area contributed by atoms with Crippen LogP contribution in [0.15, 0.2) is 78.6 Å². The molecule has 3 aromatic rings. The summed E-state index contributed by atoms with van der Waals surface area (Å²) in [6.07, 6.45) is 1.72. The number of hydrogen-bond acceptors (Lipinski definition) is 3. The van der Waals surface area contributed by atoms with Crippen LogP contribution in [0.3, 0.4) is 0 Å². The Morgan fingerprint density at radius 1 is 0.833 bits per heavy atom. The molecule has 0 saturated heterocycles. The number of allylic oxidation sites excluding steroid dienone is 1. The number of carbonyl (C=O) groups excluding carboxylic acids is 1. The topological polar surface area (TPSA) is 46.5 Å². The van der Waals surface area contributed by atoms with Gasteiger partial charge in [-0.15, -0.1) is 0 Å². The molecule has 0 amide bonds. The highest BCUT2D eigenvalue weighted by atomic mass is 16.5. The van der Waals surface area contributed by atoms with Crippen LogP contribution in [0.25, 0.3) is 17.2 Å². The molecule has 0 unspecified atom stereocenters. The molecule has 1 heterocycles. The number of carbonyl (C=O) groups is 1. The molecule has 0 atom stereocenters. The van der Waals surface area contributed by atoms with Crippen LogP contribution in [0.2, 0.25) is 0 Å². The quantitative estimate of drug-likeness (QED) is 0.699. The van der Waals surface area contributed by atoms with Gasteiger partial charge in [-0.05, 0) is 34.9 Å². The van der Waals surface area contributed by atoms with E-state index < -0.39 is 0 Å². The van der Waals surface area contributed by atoms with E-state index in [1.807, 2.05) is 42.5 Å². The van der Waals surface area contributed by atoms with Gasteiger partial charge in [0.2, 0.25) is 5.78 Å². The number of rotatable bonds is 2. The molecule has 0 spiro atoms. The van der Waals surface area contributed by atoms with E-state index in [4.69, 9.17) is 4.74 Å². The number of ether oxygens (including phenoxy) is 1. The zero-order chi connectivity index (χ0) is 16.5. The second-order valence-electron chi connectivity index (χ2n) is 5.61. The summed E-state index contributed by atoms with van der Waals surface area (Å²) in [5, 5.41) is 9.49. The Morgan fingerprint density at radius 2 is 1.54 bits per heavy atom. The van der Waals surface area contributed by atoms with E-state index in [1.54, 1.807) is 12.1 Å². The maximum Gasteiger partial charge on any atom is 0.231 e. The number of phenolic OH excluding ortho intramolecular Hbond substituents is 1. The Bertz CT molecular complexity index is 939. The van der Waals surface area contributed by atoms with Crippen molar-refractivity contribution in [3.05, 3.63) is 89.7 Å². The lowest BCUT2D eigenvalue weighted by molar-refractivity contribution is 0.101. The number of aromatic hydroxyl groups is 1. The average molecular weight is 314 g/mol. The van der Waals surface area contributed by atoms with Gasteiger partial charge in [-0.3, -0.25) is 4.79 Å². The van der Waals surface area contributed by atoms with E-state index >= 15 is 0 Å². The summed E-state index contributed by atoms with van der Waals surface area (Å²) >= 11 is 0. The lowest BCUT2D eigenvalue weighted by atomic mass is 10.0. The number of hydrogen-bond donors (Lipinski definition) is 1. The van der Waals surface area contributed by atoms with Crippen molar-refractivity contribution in [2.75, 3.05) is 0 Å². The van der Waals surface area contributed by atoms with Crippen LogP contribution in [0.4, 0.5) is 0 Å². The van der Waals surface area contributed by atoms with Gasteiger partial charge in [-0.25, -0.2) is 0 Å². The molecule has 1 aliphatic rings. The van der Waals surface area contributed by atoms with Gasteiger partial charge in [0.1, 0.15) is 11.5 Å².